The highest BCUT2D eigenvalue weighted by Gasteiger charge is 2.17. The number of rotatable bonds is 8. The third kappa shape index (κ3) is 5.88. The van der Waals surface area contributed by atoms with Gasteiger partial charge in [0.15, 0.2) is 0 Å². The second-order valence-corrected chi connectivity index (χ2v) is 6.57. The van der Waals surface area contributed by atoms with Crippen molar-refractivity contribution in [2.24, 2.45) is 0 Å². The Morgan fingerprint density at radius 2 is 1.92 bits per heavy atom. The molecule has 2 aromatic rings. The van der Waals surface area contributed by atoms with E-state index < -0.39 is 0 Å². The summed E-state index contributed by atoms with van der Waals surface area (Å²) in [5, 5.41) is 15.7. The SMILES string of the molecule is CCCNCCC(C#N)c1c(CC=C(C)C)ccc2ccccc12.Cl. The first kappa shape index (κ1) is 21.2. The van der Waals surface area contributed by atoms with Crippen LogP contribution in [0.15, 0.2) is 48.0 Å². The van der Waals surface area contributed by atoms with E-state index in [1.165, 1.54) is 27.5 Å². The molecular weight excluding hydrogens is 328 g/mol. The van der Waals surface area contributed by atoms with Crippen molar-refractivity contribution in [1.29, 1.82) is 5.26 Å². The summed E-state index contributed by atoms with van der Waals surface area (Å²) in [4.78, 5) is 0. The molecule has 2 aromatic carbocycles. The zero-order valence-corrected chi connectivity index (χ0v) is 16.3. The van der Waals surface area contributed by atoms with Gasteiger partial charge in [0.1, 0.15) is 0 Å². The standard InChI is InChI=1S/C22H28N2.ClH/c1-4-14-24-15-13-20(16-23)22-19(10-9-17(2)3)12-11-18-7-5-6-8-21(18)22;/h5-9,11-12,20,24H,4,10,13-15H2,1-3H3;1H. The van der Waals surface area contributed by atoms with Crippen LogP contribution in [0.25, 0.3) is 10.8 Å². The maximum atomic E-state index is 9.80. The average molecular weight is 357 g/mol. The van der Waals surface area contributed by atoms with E-state index in [2.05, 4.69) is 74.6 Å². The number of nitrogens with one attached hydrogen (secondary N) is 1. The number of nitriles is 1. The minimum atomic E-state index is -0.0685. The van der Waals surface area contributed by atoms with E-state index in [1.54, 1.807) is 0 Å². The van der Waals surface area contributed by atoms with Crippen LogP contribution in [0.5, 0.6) is 0 Å². The Balaban J connectivity index is 0.00000312. The van der Waals surface area contributed by atoms with E-state index in [0.29, 0.717) is 0 Å². The van der Waals surface area contributed by atoms with Gasteiger partial charge in [-0.05, 0) is 68.1 Å². The van der Waals surface area contributed by atoms with Gasteiger partial charge in [-0.1, -0.05) is 55.0 Å². The summed E-state index contributed by atoms with van der Waals surface area (Å²) in [7, 11) is 0. The van der Waals surface area contributed by atoms with Crippen molar-refractivity contribution in [3.63, 3.8) is 0 Å². The van der Waals surface area contributed by atoms with E-state index in [1.807, 2.05) is 0 Å². The molecule has 134 valence electrons. The van der Waals surface area contributed by atoms with Crippen LogP contribution < -0.4 is 5.32 Å². The van der Waals surface area contributed by atoms with Crippen LogP contribution in [0, 0.1) is 11.3 Å². The number of fused-ring (bicyclic) bond motifs is 1. The van der Waals surface area contributed by atoms with E-state index >= 15 is 0 Å². The smallest absolute Gasteiger partial charge is 0.0733 e. The molecule has 0 heterocycles. The molecule has 0 fully saturated rings. The van der Waals surface area contributed by atoms with Gasteiger partial charge in [0.25, 0.3) is 0 Å². The normalized spacial score (nSPS) is 11.4. The van der Waals surface area contributed by atoms with Gasteiger partial charge in [-0.15, -0.1) is 12.4 Å². The van der Waals surface area contributed by atoms with Crippen molar-refractivity contribution in [1.82, 2.24) is 5.32 Å². The van der Waals surface area contributed by atoms with Gasteiger partial charge in [0, 0.05) is 0 Å². The van der Waals surface area contributed by atoms with E-state index in [4.69, 9.17) is 0 Å². The topological polar surface area (TPSA) is 35.8 Å². The number of benzene rings is 2. The Kier molecular flexibility index (Phi) is 9.27. The zero-order chi connectivity index (χ0) is 17.4. The lowest BCUT2D eigenvalue weighted by Crippen LogP contribution is -2.18. The molecule has 3 heteroatoms. The highest BCUT2D eigenvalue weighted by atomic mass is 35.5. The van der Waals surface area contributed by atoms with Gasteiger partial charge in [-0.3, -0.25) is 0 Å². The molecule has 0 aliphatic heterocycles. The number of allylic oxidation sites excluding steroid dienone is 2. The quantitative estimate of drug-likeness (QED) is 0.481. The van der Waals surface area contributed by atoms with Crippen LogP contribution in [-0.2, 0) is 6.42 Å². The molecule has 0 aliphatic carbocycles. The third-order valence-corrected chi connectivity index (χ3v) is 4.33. The lowest BCUT2D eigenvalue weighted by atomic mass is 9.86. The van der Waals surface area contributed by atoms with Gasteiger partial charge < -0.3 is 5.32 Å². The number of nitrogens with zero attached hydrogens (tertiary/aromatic N) is 1. The van der Waals surface area contributed by atoms with E-state index in [9.17, 15) is 5.26 Å². The van der Waals surface area contributed by atoms with Gasteiger partial charge in [0.05, 0.1) is 12.0 Å². The molecule has 0 aliphatic rings. The minimum absolute atomic E-state index is 0. The monoisotopic (exact) mass is 356 g/mol. The Bertz CT molecular complexity index is 739. The molecule has 0 spiro atoms. The Hall–Kier alpha value is -1.82. The lowest BCUT2D eigenvalue weighted by Gasteiger charge is -2.17. The number of hydrogen-bond acceptors (Lipinski definition) is 2. The zero-order valence-electron chi connectivity index (χ0n) is 15.5. The molecule has 1 N–H and O–H groups in total. The van der Waals surface area contributed by atoms with E-state index in [-0.39, 0.29) is 18.3 Å². The average Bonchev–Trinajstić information content (AvgIpc) is 2.60. The molecular formula is C22H29ClN2. The Labute approximate surface area is 158 Å². The second kappa shape index (κ2) is 10.9. The predicted molar refractivity (Wildman–Crippen MR) is 110 cm³/mol. The molecule has 0 saturated carbocycles. The van der Waals surface area contributed by atoms with Crippen molar-refractivity contribution >= 4 is 23.2 Å². The molecule has 1 unspecified atom stereocenters. The van der Waals surface area contributed by atoms with Gasteiger partial charge in [-0.2, -0.15) is 5.26 Å². The molecule has 0 saturated heterocycles. The maximum Gasteiger partial charge on any atom is 0.0733 e. The summed E-state index contributed by atoms with van der Waals surface area (Å²) in [6.45, 7) is 8.31. The predicted octanol–water partition coefficient (Wildman–Crippen LogP) is 5.77. The van der Waals surface area contributed by atoms with E-state index in [0.717, 1.165) is 32.4 Å². The molecule has 1 atom stereocenters. The fourth-order valence-corrected chi connectivity index (χ4v) is 3.07. The van der Waals surface area contributed by atoms with Crippen molar-refractivity contribution in [2.75, 3.05) is 13.1 Å². The van der Waals surface area contributed by atoms with Crippen LogP contribution in [-0.4, -0.2) is 13.1 Å². The van der Waals surface area contributed by atoms with Crippen LogP contribution in [0.1, 0.15) is 50.7 Å². The summed E-state index contributed by atoms with van der Waals surface area (Å²) in [6.07, 6.45) is 5.12. The van der Waals surface area contributed by atoms with Crippen LogP contribution in [0.4, 0.5) is 0 Å². The minimum Gasteiger partial charge on any atom is -0.317 e. The summed E-state index contributed by atoms with van der Waals surface area (Å²) >= 11 is 0. The highest BCUT2D eigenvalue weighted by Crippen LogP contribution is 2.31. The molecule has 0 radical (unpaired) electrons. The summed E-state index contributed by atoms with van der Waals surface area (Å²) in [6, 6.07) is 15.3. The van der Waals surface area contributed by atoms with Crippen molar-refractivity contribution in [3.05, 3.63) is 59.2 Å². The molecule has 25 heavy (non-hydrogen) atoms. The summed E-state index contributed by atoms with van der Waals surface area (Å²) < 4.78 is 0. The number of halogens is 1. The first-order valence-electron chi connectivity index (χ1n) is 8.91. The van der Waals surface area contributed by atoms with Crippen molar-refractivity contribution in [2.45, 2.75) is 46.0 Å². The molecule has 0 bridgehead atoms. The Morgan fingerprint density at radius 3 is 2.60 bits per heavy atom. The van der Waals surface area contributed by atoms with Gasteiger partial charge in [0.2, 0.25) is 0 Å². The van der Waals surface area contributed by atoms with Crippen molar-refractivity contribution in [3.8, 4) is 6.07 Å². The molecule has 2 nitrogen and oxygen atoms in total. The largest absolute Gasteiger partial charge is 0.317 e. The molecule has 2 rings (SSSR count). The summed E-state index contributed by atoms with van der Waals surface area (Å²) in [5.74, 6) is -0.0685. The van der Waals surface area contributed by atoms with Crippen LogP contribution >= 0.6 is 12.4 Å². The number of hydrogen-bond donors (Lipinski definition) is 1. The molecule has 0 aromatic heterocycles. The first-order chi connectivity index (χ1) is 11.7. The summed E-state index contributed by atoms with van der Waals surface area (Å²) in [5.41, 5.74) is 3.80. The first-order valence-corrected chi connectivity index (χ1v) is 8.91. The molecule has 0 amide bonds. The van der Waals surface area contributed by atoms with Crippen LogP contribution in [0.3, 0.4) is 0 Å². The highest BCUT2D eigenvalue weighted by molar-refractivity contribution is 5.87. The second-order valence-electron chi connectivity index (χ2n) is 6.57. The van der Waals surface area contributed by atoms with Crippen LogP contribution in [0.2, 0.25) is 0 Å². The third-order valence-electron chi connectivity index (χ3n) is 4.33. The maximum absolute atomic E-state index is 9.80. The lowest BCUT2D eigenvalue weighted by molar-refractivity contribution is 0.617. The van der Waals surface area contributed by atoms with Gasteiger partial charge >= 0.3 is 0 Å². The Morgan fingerprint density at radius 1 is 1.16 bits per heavy atom. The van der Waals surface area contributed by atoms with Crippen molar-refractivity contribution < 1.29 is 0 Å². The fraction of sp³-hybridized carbons (Fsp3) is 0.409. The van der Waals surface area contributed by atoms with Gasteiger partial charge in [-0.25, -0.2) is 0 Å². The fourth-order valence-electron chi connectivity index (χ4n) is 3.07.